The van der Waals surface area contributed by atoms with E-state index in [-0.39, 0.29) is 0 Å². The fourth-order valence-electron chi connectivity index (χ4n) is 7.04. The molecule has 0 heterocycles. The summed E-state index contributed by atoms with van der Waals surface area (Å²) < 4.78 is 0. The Hall–Kier alpha value is -3.92. The van der Waals surface area contributed by atoms with E-state index in [1.165, 1.54) is 45.0 Å². The molecule has 0 spiro atoms. The molecule has 4 aromatic rings. The van der Waals surface area contributed by atoms with Crippen LogP contribution in [-0.2, 0) is 5.41 Å². The first-order valence-corrected chi connectivity index (χ1v) is 17.4. The van der Waals surface area contributed by atoms with E-state index in [1.54, 1.807) is 0 Å². The van der Waals surface area contributed by atoms with Crippen molar-refractivity contribution in [1.29, 1.82) is 0 Å². The summed E-state index contributed by atoms with van der Waals surface area (Å²) in [7, 11) is 0. The third kappa shape index (κ3) is 6.85. The van der Waals surface area contributed by atoms with Crippen molar-refractivity contribution in [3.05, 3.63) is 119 Å². The summed E-state index contributed by atoms with van der Waals surface area (Å²) in [6.07, 6.45) is 0. The fraction of sp³-hybridized carbons (Fsp3) is 0.415. The van der Waals surface area contributed by atoms with Gasteiger partial charge in [-0.2, -0.15) is 0 Å². The summed E-state index contributed by atoms with van der Waals surface area (Å²) in [6.45, 7) is 25.8. The second-order valence-electron chi connectivity index (χ2n) is 11.6. The zero-order chi connectivity index (χ0) is 32.4. The Balaban J connectivity index is 2.03. The van der Waals surface area contributed by atoms with Crippen LogP contribution in [0.15, 0.2) is 97.1 Å². The number of rotatable bonds is 16. The van der Waals surface area contributed by atoms with Gasteiger partial charge in [0.05, 0.1) is 5.41 Å². The molecule has 4 heteroatoms. The zero-order valence-electron chi connectivity index (χ0n) is 29.2. The molecule has 0 aromatic heterocycles. The summed E-state index contributed by atoms with van der Waals surface area (Å²) in [5.41, 5.74) is 9.69. The third-order valence-corrected chi connectivity index (χ3v) is 9.72. The van der Waals surface area contributed by atoms with Crippen molar-refractivity contribution in [3.63, 3.8) is 0 Å². The van der Waals surface area contributed by atoms with Gasteiger partial charge in [0.15, 0.2) is 0 Å². The van der Waals surface area contributed by atoms with Crippen molar-refractivity contribution in [2.24, 2.45) is 0 Å². The second-order valence-corrected chi connectivity index (χ2v) is 11.6. The molecule has 0 N–H and O–H groups in total. The Morgan fingerprint density at radius 2 is 0.444 bits per heavy atom. The third-order valence-electron chi connectivity index (χ3n) is 9.72. The highest BCUT2D eigenvalue weighted by Gasteiger charge is 2.39. The Bertz CT molecular complexity index is 1180. The van der Waals surface area contributed by atoms with Gasteiger partial charge in [-0.15, -0.1) is 0 Å². The molecule has 0 saturated heterocycles. The largest absolute Gasteiger partial charge is 0.372 e. The Morgan fingerprint density at radius 3 is 0.578 bits per heavy atom. The minimum absolute atomic E-state index is 0.493. The molecule has 0 aliphatic rings. The molecule has 0 unspecified atom stereocenters. The van der Waals surface area contributed by atoms with Gasteiger partial charge in [0.2, 0.25) is 0 Å². The van der Waals surface area contributed by atoms with Crippen molar-refractivity contribution < 1.29 is 0 Å². The van der Waals surface area contributed by atoms with Crippen molar-refractivity contribution >= 4 is 22.7 Å². The number of benzene rings is 4. The molecule has 0 radical (unpaired) electrons. The molecule has 0 aliphatic carbocycles. The lowest BCUT2D eigenvalue weighted by atomic mass is 9.65. The monoisotopic (exact) mass is 604 g/mol. The quantitative estimate of drug-likeness (QED) is 0.118. The van der Waals surface area contributed by atoms with Gasteiger partial charge >= 0.3 is 0 Å². The van der Waals surface area contributed by atoms with E-state index >= 15 is 0 Å². The molecule has 0 fully saturated rings. The van der Waals surface area contributed by atoms with Gasteiger partial charge in [-0.3, -0.25) is 0 Å². The summed E-state index contributed by atoms with van der Waals surface area (Å²) in [6, 6.07) is 37.4. The second kappa shape index (κ2) is 15.9. The molecular weight excluding hydrogens is 548 g/mol. The van der Waals surface area contributed by atoms with Gasteiger partial charge in [0, 0.05) is 75.1 Å². The minimum Gasteiger partial charge on any atom is -0.372 e. The lowest BCUT2D eigenvalue weighted by Gasteiger charge is -2.38. The van der Waals surface area contributed by atoms with Gasteiger partial charge < -0.3 is 19.6 Å². The van der Waals surface area contributed by atoms with Crippen LogP contribution in [-0.4, -0.2) is 52.4 Å². The van der Waals surface area contributed by atoms with E-state index in [2.05, 4.69) is 172 Å². The lowest BCUT2D eigenvalue weighted by Crippen LogP contribution is -2.32. The molecule has 240 valence electrons. The van der Waals surface area contributed by atoms with Crippen LogP contribution in [0.4, 0.5) is 22.7 Å². The summed E-state index contributed by atoms with van der Waals surface area (Å²) >= 11 is 0. The maximum absolute atomic E-state index is 2.42. The highest BCUT2D eigenvalue weighted by molar-refractivity contribution is 5.66. The van der Waals surface area contributed by atoms with Gasteiger partial charge in [-0.05, 0) is 126 Å². The van der Waals surface area contributed by atoms with E-state index in [4.69, 9.17) is 0 Å². The van der Waals surface area contributed by atoms with Crippen molar-refractivity contribution in [2.75, 3.05) is 72.0 Å². The number of nitrogens with zero attached hydrogens (tertiary/aromatic N) is 4. The highest BCUT2D eigenvalue weighted by Crippen LogP contribution is 2.46. The molecule has 4 rings (SSSR count). The molecule has 4 aromatic carbocycles. The zero-order valence-corrected chi connectivity index (χ0v) is 29.2. The van der Waals surface area contributed by atoms with E-state index in [9.17, 15) is 0 Å². The van der Waals surface area contributed by atoms with Crippen LogP contribution >= 0.6 is 0 Å². The van der Waals surface area contributed by atoms with Gasteiger partial charge in [0.1, 0.15) is 0 Å². The van der Waals surface area contributed by atoms with Crippen LogP contribution in [0.5, 0.6) is 0 Å². The minimum atomic E-state index is -0.493. The number of anilines is 4. The Kier molecular flexibility index (Phi) is 12.0. The molecule has 0 bridgehead atoms. The van der Waals surface area contributed by atoms with E-state index in [0.29, 0.717) is 0 Å². The van der Waals surface area contributed by atoms with E-state index < -0.39 is 5.41 Å². The van der Waals surface area contributed by atoms with Gasteiger partial charge in [-0.1, -0.05) is 48.5 Å². The predicted octanol–water partition coefficient (Wildman–Crippen LogP) is 9.45. The van der Waals surface area contributed by atoms with Crippen LogP contribution < -0.4 is 19.6 Å². The first kappa shape index (κ1) is 34.0. The fourth-order valence-corrected chi connectivity index (χ4v) is 7.04. The average molecular weight is 605 g/mol. The first-order chi connectivity index (χ1) is 21.9. The maximum Gasteiger partial charge on any atom is 0.0701 e. The van der Waals surface area contributed by atoms with Crippen molar-refractivity contribution in [3.8, 4) is 0 Å². The van der Waals surface area contributed by atoms with Crippen LogP contribution in [0.2, 0.25) is 0 Å². The predicted molar refractivity (Wildman–Crippen MR) is 199 cm³/mol. The molecule has 45 heavy (non-hydrogen) atoms. The molecule has 0 atom stereocenters. The molecule has 0 amide bonds. The van der Waals surface area contributed by atoms with Crippen LogP contribution in [0.25, 0.3) is 0 Å². The van der Waals surface area contributed by atoms with Crippen molar-refractivity contribution in [2.45, 2.75) is 60.8 Å². The van der Waals surface area contributed by atoms with E-state index in [1.807, 2.05) is 0 Å². The summed E-state index contributed by atoms with van der Waals surface area (Å²) in [5, 5.41) is 0. The first-order valence-electron chi connectivity index (χ1n) is 17.4. The highest BCUT2D eigenvalue weighted by atomic mass is 15.1. The molecule has 0 aliphatic heterocycles. The van der Waals surface area contributed by atoms with Gasteiger partial charge in [-0.25, -0.2) is 0 Å². The summed E-state index contributed by atoms with van der Waals surface area (Å²) in [4.78, 5) is 9.67. The molecule has 4 nitrogen and oxygen atoms in total. The van der Waals surface area contributed by atoms with Crippen molar-refractivity contribution in [1.82, 2.24) is 0 Å². The SMILES string of the molecule is CCN(CC)c1ccc(C(c2ccc(N(CC)CC)cc2)(c2ccc(N(CC)CC)cc2)c2ccc(N(CC)CC)cc2)cc1. The van der Waals surface area contributed by atoms with Crippen LogP contribution in [0, 0.1) is 0 Å². The normalized spacial score (nSPS) is 11.4. The van der Waals surface area contributed by atoms with Crippen LogP contribution in [0.3, 0.4) is 0 Å². The van der Waals surface area contributed by atoms with Gasteiger partial charge in [0.25, 0.3) is 0 Å². The lowest BCUT2D eigenvalue weighted by molar-refractivity contribution is 0.742. The topological polar surface area (TPSA) is 13.0 Å². The van der Waals surface area contributed by atoms with Crippen LogP contribution in [0.1, 0.15) is 77.6 Å². The smallest absolute Gasteiger partial charge is 0.0701 e. The number of hydrogen-bond acceptors (Lipinski definition) is 4. The Labute approximate surface area is 274 Å². The summed E-state index contributed by atoms with van der Waals surface area (Å²) in [5.74, 6) is 0. The maximum atomic E-state index is 2.42. The average Bonchev–Trinajstić information content (AvgIpc) is 3.10. The number of hydrogen-bond donors (Lipinski definition) is 0. The Morgan fingerprint density at radius 1 is 0.289 bits per heavy atom. The van der Waals surface area contributed by atoms with E-state index in [0.717, 1.165) is 52.4 Å². The standard InChI is InChI=1S/C41H56N4/c1-9-42(10-2)37-25-17-33(18-26-37)41(34-19-27-38(28-20-34)43(11-3)12-4,35-21-29-39(30-22-35)44(13-5)14-6)36-23-31-40(32-24-36)45(15-7)16-8/h17-32H,9-16H2,1-8H3. The molecule has 0 saturated carbocycles. The molecular formula is C41H56N4.